The highest BCUT2D eigenvalue weighted by Gasteiger charge is 2.27. The average molecular weight is 1010 g/mol. The fourth-order valence-electron chi connectivity index (χ4n) is 5.85. The van der Waals surface area contributed by atoms with Crippen LogP contribution in [0.25, 0.3) is 21.5 Å². The molecule has 0 saturated heterocycles. The van der Waals surface area contributed by atoms with Gasteiger partial charge < -0.3 is 21.1 Å². The zero-order valence-electron chi connectivity index (χ0n) is 32.3. The van der Waals surface area contributed by atoms with E-state index >= 15 is 0 Å². The number of anilines is 1. The standard InChI is InChI=1S/C35H27N7O19S5/c36-26-8-5-21(15-25(26)35(45)46)39-38-20-2-1-17-12-28(64(52,53)54)31(33(43)24(17)14-20)42-40-27-16-23(63(49,50)51)11-18-13-29(65(55,56)57)32(34(44)30(18)27)41-37-19-3-6-22(7-4-19)62(47,48)10-9-61-66(58,59)60/h1-8,11-16,43-44H,9-10,36H2,(H,45,46)(H,49,50,51)(H,52,53,54)(H,55,56,57)(H,58,59,60)/b39-38+,41-37+,42-40+. The molecule has 0 aliphatic rings. The molecule has 6 rings (SSSR count). The summed E-state index contributed by atoms with van der Waals surface area (Å²) in [6.07, 6.45) is 0. The number of benzene rings is 6. The molecule has 0 amide bonds. The van der Waals surface area contributed by atoms with Crippen LogP contribution in [0.4, 0.5) is 39.8 Å². The van der Waals surface area contributed by atoms with Crippen molar-refractivity contribution in [3.05, 3.63) is 90.5 Å². The van der Waals surface area contributed by atoms with Crippen LogP contribution in [0.3, 0.4) is 0 Å². The molecule has 31 heteroatoms. The van der Waals surface area contributed by atoms with Gasteiger partial charge in [0.05, 0.1) is 55.8 Å². The Bertz CT molecular complexity index is 3700. The lowest BCUT2D eigenvalue weighted by Crippen LogP contribution is -2.15. The molecule has 0 aliphatic carbocycles. The van der Waals surface area contributed by atoms with Crippen molar-refractivity contribution in [2.45, 2.75) is 19.6 Å². The number of sulfone groups is 1. The predicted octanol–water partition coefficient (Wildman–Crippen LogP) is 6.26. The number of aromatic carboxylic acids is 1. The SMILES string of the molecule is Nc1ccc(/N=N/c2ccc3cc(S(=O)(=O)O)c(/N=N/c4cc(S(=O)(=O)O)cc5cc(S(=O)(=O)O)c(/N=N/c6ccc(S(=O)(=O)CCOS(=O)(=O)O)cc6)c(O)c45)c(O)c3c2)cc1C(=O)O. The third-order valence-electron chi connectivity index (χ3n) is 8.84. The third kappa shape index (κ3) is 10.9. The van der Waals surface area contributed by atoms with Gasteiger partial charge in [0.25, 0.3) is 30.4 Å². The number of carboxylic acids is 1. The van der Waals surface area contributed by atoms with E-state index in [2.05, 4.69) is 34.9 Å². The minimum absolute atomic E-state index is 0.00746. The van der Waals surface area contributed by atoms with Gasteiger partial charge in [0.1, 0.15) is 21.2 Å². The lowest BCUT2D eigenvalue weighted by atomic mass is 10.1. The Labute approximate surface area is 371 Å². The maximum atomic E-state index is 12.6. The van der Waals surface area contributed by atoms with Crippen LogP contribution < -0.4 is 5.73 Å². The smallest absolute Gasteiger partial charge is 0.397 e. The largest absolute Gasteiger partial charge is 0.505 e. The van der Waals surface area contributed by atoms with Crippen LogP contribution in [0.5, 0.6) is 11.5 Å². The first-order valence-electron chi connectivity index (χ1n) is 17.4. The number of azo groups is 3. The van der Waals surface area contributed by atoms with Crippen LogP contribution >= 0.6 is 0 Å². The van der Waals surface area contributed by atoms with E-state index in [9.17, 15) is 75.9 Å². The van der Waals surface area contributed by atoms with Gasteiger partial charge in [-0.1, -0.05) is 6.07 Å². The zero-order chi connectivity index (χ0) is 48.7. The summed E-state index contributed by atoms with van der Waals surface area (Å²) in [6.45, 7) is -0.942. The molecule has 0 spiro atoms. The maximum absolute atomic E-state index is 12.6. The summed E-state index contributed by atoms with van der Waals surface area (Å²) in [4.78, 5) is 7.78. The van der Waals surface area contributed by atoms with Gasteiger partial charge in [0, 0.05) is 11.1 Å². The molecule has 0 fully saturated rings. The molecule has 0 aromatic heterocycles. The fraction of sp³-hybridized carbons (Fsp3) is 0.0571. The van der Waals surface area contributed by atoms with Crippen LogP contribution in [0.2, 0.25) is 0 Å². The van der Waals surface area contributed by atoms with E-state index in [1.807, 2.05) is 0 Å². The van der Waals surface area contributed by atoms with E-state index in [0.29, 0.717) is 18.2 Å². The summed E-state index contributed by atoms with van der Waals surface area (Å²) in [5.74, 6) is -4.45. The molecule has 6 aromatic carbocycles. The minimum atomic E-state index is -5.39. The minimum Gasteiger partial charge on any atom is -0.505 e. The highest BCUT2D eigenvalue weighted by molar-refractivity contribution is 7.91. The first kappa shape index (κ1) is 48.5. The Hall–Kier alpha value is -6.94. The molecule has 66 heavy (non-hydrogen) atoms. The Morgan fingerprint density at radius 2 is 1.09 bits per heavy atom. The molecule has 0 unspecified atom stereocenters. The van der Waals surface area contributed by atoms with Crippen molar-refractivity contribution in [2.75, 3.05) is 18.1 Å². The van der Waals surface area contributed by atoms with Gasteiger partial charge in [-0.15, -0.1) is 15.3 Å². The van der Waals surface area contributed by atoms with E-state index in [1.54, 1.807) is 0 Å². The lowest BCUT2D eigenvalue weighted by molar-refractivity contribution is 0.0697. The molecule has 6 aromatic rings. The summed E-state index contributed by atoms with van der Waals surface area (Å²) in [5, 5.41) is 53.6. The number of carbonyl (C=O) groups is 1. The summed E-state index contributed by atoms with van der Waals surface area (Å²) in [5.41, 5.74) is 2.30. The van der Waals surface area contributed by atoms with E-state index < -0.39 is 128 Å². The number of phenols is 2. The van der Waals surface area contributed by atoms with Crippen molar-refractivity contribution in [1.82, 2.24) is 0 Å². The quantitative estimate of drug-likeness (QED) is 0.0319. The Balaban J connectivity index is 1.48. The molecular formula is C35H27N7O19S5. The number of nitrogens with two attached hydrogens (primary N) is 1. The number of hydrogen-bond donors (Lipinski definition) is 8. The van der Waals surface area contributed by atoms with Crippen LogP contribution in [0.15, 0.2) is 135 Å². The van der Waals surface area contributed by atoms with Gasteiger partial charge in [0.2, 0.25) is 0 Å². The van der Waals surface area contributed by atoms with Gasteiger partial charge in [-0.25, -0.2) is 17.4 Å². The number of aromatic hydroxyl groups is 2. The van der Waals surface area contributed by atoms with Gasteiger partial charge in [-0.2, -0.15) is 49.0 Å². The Morgan fingerprint density at radius 3 is 1.67 bits per heavy atom. The lowest BCUT2D eigenvalue weighted by Gasteiger charge is -2.12. The average Bonchev–Trinajstić information content (AvgIpc) is 3.20. The topological polar surface area (TPSA) is 439 Å². The monoisotopic (exact) mass is 1010 g/mol. The van der Waals surface area contributed by atoms with E-state index in [4.69, 9.17) is 10.3 Å². The van der Waals surface area contributed by atoms with Crippen molar-refractivity contribution >= 4 is 118 Å². The highest BCUT2D eigenvalue weighted by atomic mass is 32.3. The van der Waals surface area contributed by atoms with E-state index in [1.165, 1.54) is 30.3 Å². The van der Waals surface area contributed by atoms with Crippen LogP contribution in [0, 0.1) is 0 Å². The molecule has 0 saturated carbocycles. The van der Waals surface area contributed by atoms with Crippen molar-refractivity contribution in [3.63, 3.8) is 0 Å². The summed E-state index contributed by atoms with van der Waals surface area (Å²) < 4.78 is 164. The van der Waals surface area contributed by atoms with Crippen LogP contribution in [-0.4, -0.2) is 93.9 Å². The summed E-state index contributed by atoms with van der Waals surface area (Å²) in [7, 11) is -25.0. The molecule has 0 bridgehead atoms. The molecule has 346 valence electrons. The maximum Gasteiger partial charge on any atom is 0.397 e. The number of phenolic OH excluding ortho intramolecular Hbond substituents is 2. The number of fused-ring (bicyclic) bond motifs is 2. The highest BCUT2D eigenvalue weighted by Crippen LogP contribution is 2.48. The van der Waals surface area contributed by atoms with Gasteiger partial charge in [0.15, 0.2) is 21.3 Å². The second-order valence-corrected chi connectivity index (χ2v) is 20.7. The third-order valence-corrected chi connectivity index (χ3v) is 13.6. The number of hydrogen-bond acceptors (Lipinski definition) is 21. The second kappa shape index (κ2) is 17.8. The molecule has 0 radical (unpaired) electrons. The predicted molar refractivity (Wildman–Crippen MR) is 227 cm³/mol. The molecule has 0 atom stereocenters. The van der Waals surface area contributed by atoms with Gasteiger partial charge >= 0.3 is 16.4 Å². The van der Waals surface area contributed by atoms with E-state index in [0.717, 1.165) is 36.4 Å². The van der Waals surface area contributed by atoms with Crippen molar-refractivity contribution in [2.24, 2.45) is 30.7 Å². The Kier molecular flexibility index (Phi) is 13.1. The van der Waals surface area contributed by atoms with Gasteiger partial charge in [-0.05, 0) is 89.6 Å². The van der Waals surface area contributed by atoms with Crippen molar-refractivity contribution in [3.8, 4) is 11.5 Å². The first-order valence-corrected chi connectivity index (χ1v) is 24.8. The molecule has 9 N–H and O–H groups in total. The number of nitrogen functional groups attached to an aromatic ring is 1. The number of carboxylic acid groups (broad SMARTS) is 1. The Morgan fingerprint density at radius 1 is 0.561 bits per heavy atom. The molecule has 26 nitrogen and oxygen atoms in total. The summed E-state index contributed by atoms with van der Waals surface area (Å²) in [6, 6.07) is 14.0. The fourth-order valence-corrected chi connectivity index (χ4v) is 9.19. The van der Waals surface area contributed by atoms with Crippen LogP contribution in [-0.2, 0) is 54.8 Å². The number of nitrogens with zero attached hydrogens (tertiary/aromatic N) is 6. The molecular weight excluding hydrogens is 983 g/mol. The molecule has 0 aliphatic heterocycles. The zero-order valence-corrected chi connectivity index (χ0v) is 36.4. The van der Waals surface area contributed by atoms with Gasteiger partial charge in [-0.3, -0.25) is 18.2 Å². The van der Waals surface area contributed by atoms with Crippen LogP contribution in [0.1, 0.15) is 10.4 Å². The molecule has 0 heterocycles. The second-order valence-electron chi connectivity index (χ2n) is 13.3. The summed E-state index contributed by atoms with van der Waals surface area (Å²) >= 11 is 0. The van der Waals surface area contributed by atoms with Crippen molar-refractivity contribution < 1.29 is 84.6 Å². The first-order chi connectivity index (χ1) is 30.5. The van der Waals surface area contributed by atoms with E-state index in [-0.39, 0.29) is 39.1 Å². The normalized spacial score (nSPS) is 13.2. The van der Waals surface area contributed by atoms with Crippen molar-refractivity contribution in [1.29, 1.82) is 0 Å². The number of rotatable bonds is 15.